The maximum Gasteiger partial charge on any atom is 0.251 e. The van der Waals surface area contributed by atoms with Crippen LogP contribution in [0.4, 0.5) is 0 Å². The van der Waals surface area contributed by atoms with Crippen LogP contribution >= 0.6 is 11.6 Å². The summed E-state index contributed by atoms with van der Waals surface area (Å²) < 4.78 is 23.2. The van der Waals surface area contributed by atoms with E-state index in [1.54, 1.807) is 36.4 Å². The first kappa shape index (κ1) is 46.8. The summed E-state index contributed by atoms with van der Waals surface area (Å²) in [6, 6.07) is 17.3. The van der Waals surface area contributed by atoms with Crippen molar-refractivity contribution in [2.75, 3.05) is 19.8 Å². The van der Waals surface area contributed by atoms with E-state index < -0.39 is 69.7 Å². The summed E-state index contributed by atoms with van der Waals surface area (Å²) in [6.45, 7) is 1.71. The highest BCUT2D eigenvalue weighted by atomic mass is 35.5. The van der Waals surface area contributed by atoms with E-state index in [0.717, 1.165) is 33.8 Å². The Labute approximate surface area is 364 Å². The number of sulfone groups is 1. The quantitative estimate of drug-likeness (QED) is 0.0715. The number of halogens is 1. The van der Waals surface area contributed by atoms with Crippen molar-refractivity contribution in [3.8, 4) is 33.8 Å². The number of phenolic OH excluding ortho intramolecular Hbond substituents is 2. The maximum atomic E-state index is 14.5. The number of nitrogens with one attached hydrogen (secondary N) is 4. The van der Waals surface area contributed by atoms with Crippen LogP contribution in [-0.4, -0.2) is 97.2 Å². The van der Waals surface area contributed by atoms with Crippen molar-refractivity contribution in [1.82, 2.24) is 26.2 Å². The SMILES string of the molecule is C[C@@H]1NC(=O)[C@@H](N(C)C(=O)[C@H](CCCCN)NC(=O)c2ccc(-c3ccc(Cl)cc3)cc2)c2ccc(O)c(c2)-c2cc(ccc2O)C[C@@H](C(=O)N[C@@H](N)/C=C\S(C)(=O)=O)NC1=O. The van der Waals surface area contributed by atoms with E-state index in [2.05, 4.69) is 21.3 Å². The first-order chi connectivity index (χ1) is 29.3. The highest BCUT2D eigenvalue weighted by Crippen LogP contribution is 2.39. The number of nitrogens with zero attached hydrogens (tertiary/aromatic N) is 1. The van der Waals surface area contributed by atoms with Crippen LogP contribution in [0.5, 0.6) is 11.5 Å². The minimum absolute atomic E-state index is 0.0819. The van der Waals surface area contributed by atoms with Crippen molar-refractivity contribution in [2.45, 2.75) is 62.9 Å². The number of carbonyl (C=O) groups excluding carboxylic acids is 5. The molecule has 0 spiro atoms. The third-order valence-corrected chi connectivity index (χ3v) is 11.1. The van der Waals surface area contributed by atoms with Gasteiger partial charge in [0, 0.05) is 46.8 Å². The average molecular weight is 888 g/mol. The number of likely N-dealkylation sites (N-methyl/N-ethyl adjacent to an activating group) is 1. The standard InChI is InChI=1S/C44H50ClN7O9S/c1-25-40(55)50-35(42(57)51-38(47)19-21-62(3,60)61)23-26-7-17-36(53)32(22-26)33-24-30(14-18-37(33)54)39(43(58)48-25)52(2)44(59)34(6-4-5-20-46)49-41(56)29-10-8-27(9-11-29)28-12-15-31(45)16-13-28/h7-19,21-22,24-25,34-35,38-39,53-54H,4-6,20,23,46-47H2,1-3H3,(H,48,58)(H,49,56)(H,50,55)(H,51,57)/b21-19-/t25-,34-,35-,38+,39-/m0/s1. The van der Waals surface area contributed by atoms with Crippen molar-refractivity contribution >= 4 is 51.0 Å². The number of hydrogen-bond donors (Lipinski definition) is 8. The Kier molecular flexibility index (Phi) is 15.5. The molecule has 1 aliphatic rings. The van der Waals surface area contributed by atoms with E-state index in [1.165, 1.54) is 50.4 Å². The van der Waals surface area contributed by atoms with Crippen molar-refractivity contribution in [3.63, 3.8) is 0 Å². The molecule has 5 atom stereocenters. The Morgan fingerprint density at radius 1 is 0.887 bits per heavy atom. The van der Waals surface area contributed by atoms with E-state index >= 15 is 0 Å². The number of fused-ring (bicyclic) bond motifs is 5. The molecule has 328 valence electrons. The third kappa shape index (κ3) is 12.2. The molecule has 5 amide bonds. The first-order valence-electron chi connectivity index (χ1n) is 19.7. The summed E-state index contributed by atoms with van der Waals surface area (Å²) in [5.41, 5.74) is 14.5. The molecule has 4 aromatic carbocycles. The van der Waals surface area contributed by atoms with E-state index in [9.17, 15) is 42.6 Å². The number of aromatic hydroxyl groups is 2. The van der Waals surface area contributed by atoms with Crippen LogP contribution in [0.1, 0.15) is 53.7 Å². The summed E-state index contributed by atoms with van der Waals surface area (Å²) in [4.78, 5) is 70.9. The van der Waals surface area contributed by atoms with Gasteiger partial charge in [0.2, 0.25) is 23.6 Å². The predicted molar refractivity (Wildman–Crippen MR) is 235 cm³/mol. The third-order valence-electron chi connectivity index (χ3n) is 10.2. The molecule has 0 aromatic heterocycles. The number of hydrogen-bond acceptors (Lipinski definition) is 11. The van der Waals surface area contributed by atoms with Gasteiger partial charge in [-0.2, -0.15) is 0 Å². The molecular weight excluding hydrogens is 838 g/mol. The number of amides is 5. The molecule has 5 rings (SSSR count). The van der Waals surface area contributed by atoms with Crippen molar-refractivity contribution in [1.29, 1.82) is 0 Å². The second-order valence-electron chi connectivity index (χ2n) is 15.1. The fourth-order valence-corrected chi connectivity index (χ4v) is 7.46. The number of unbranched alkanes of at least 4 members (excludes halogenated alkanes) is 1. The number of nitrogens with two attached hydrogens (primary N) is 2. The summed E-state index contributed by atoms with van der Waals surface area (Å²) in [5, 5.41) is 34.1. The Morgan fingerprint density at radius 3 is 2.13 bits per heavy atom. The van der Waals surface area contributed by atoms with Gasteiger partial charge in [-0.1, -0.05) is 48.0 Å². The van der Waals surface area contributed by atoms with Gasteiger partial charge in [-0.15, -0.1) is 0 Å². The lowest BCUT2D eigenvalue weighted by molar-refractivity contribution is -0.141. The molecule has 4 aromatic rings. The summed E-state index contributed by atoms with van der Waals surface area (Å²) in [7, 11) is -2.20. The highest BCUT2D eigenvalue weighted by molar-refractivity contribution is 7.93. The number of benzene rings is 4. The molecular formula is C44H50ClN7O9S. The maximum absolute atomic E-state index is 14.5. The minimum Gasteiger partial charge on any atom is -0.507 e. The molecule has 4 bridgehead atoms. The lowest BCUT2D eigenvalue weighted by Crippen LogP contribution is -2.57. The van der Waals surface area contributed by atoms with Crippen LogP contribution in [0.2, 0.25) is 5.02 Å². The normalized spacial score (nSPS) is 17.8. The zero-order valence-corrected chi connectivity index (χ0v) is 35.9. The van der Waals surface area contributed by atoms with Crippen molar-refractivity contribution in [3.05, 3.63) is 118 Å². The smallest absolute Gasteiger partial charge is 0.251 e. The van der Waals surface area contributed by atoms with E-state index in [4.69, 9.17) is 23.1 Å². The van der Waals surface area contributed by atoms with E-state index in [0.29, 0.717) is 30.0 Å². The van der Waals surface area contributed by atoms with Gasteiger partial charge in [-0.05, 0) is 110 Å². The van der Waals surface area contributed by atoms with Crippen LogP contribution in [0.3, 0.4) is 0 Å². The van der Waals surface area contributed by atoms with Gasteiger partial charge in [0.15, 0.2) is 9.84 Å². The molecule has 0 unspecified atom stereocenters. The minimum atomic E-state index is -3.57. The Morgan fingerprint density at radius 2 is 1.50 bits per heavy atom. The van der Waals surface area contributed by atoms with Gasteiger partial charge < -0.3 is 47.8 Å². The van der Waals surface area contributed by atoms with Gasteiger partial charge >= 0.3 is 0 Å². The molecule has 10 N–H and O–H groups in total. The zero-order valence-electron chi connectivity index (χ0n) is 34.3. The van der Waals surface area contributed by atoms with Crippen LogP contribution in [0.15, 0.2) is 96.4 Å². The molecule has 16 nitrogen and oxygen atoms in total. The highest BCUT2D eigenvalue weighted by Gasteiger charge is 2.36. The van der Waals surface area contributed by atoms with Crippen LogP contribution in [0.25, 0.3) is 22.3 Å². The fourth-order valence-electron chi connectivity index (χ4n) is 6.88. The first-order valence-corrected chi connectivity index (χ1v) is 22.0. The molecule has 0 saturated carbocycles. The van der Waals surface area contributed by atoms with Gasteiger partial charge in [0.05, 0.1) is 6.17 Å². The van der Waals surface area contributed by atoms with Crippen LogP contribution in [-0.2, 0) is 35.4 Å². The molecule has 18 heteroatoms. The Hall–Kier alpha value is -6.27. The second-order valence-corrected chi connectivity index (χ2v) is 17.4. The molecule has 1 aliphatic heterocycles. The van der Waals surface area contributed by atoms with Gasteiger partial charge in [0.1, 0.15) is 35.7 Å². The fraction of sp³-hybridized carbons (Fsp3) is 0.295. The topological polar surface area (TPSA) is 263 Å². The van der Waals surface area contributed by atoms with E-state index in [-0.39, 0.29) is 46.6 Å². The number of rotatable bonds is 13. The number of phenols is 2. The summed E-state index contributed by atoms with van der Waals surface area (Å²) >= 11 is 6.04. The molecule has 0 fully saturated rings. The lowest BCUT2D eigenvalue weighted by Gasteiger charge is -2.32. The van der Waals surface area contributed by atoms with Gasteiger partial charge in [0.25, 0.3) is 5.91 Å². The predicted octanol–water partition coefficient (Wildman–Crippen LogP) is 3.02. The molecule has 0 radical (unpaired) electrons. The lowest BCUT2D eigenvalue weighted by atomic mass is 9.93. The summed E-state index contributed by atoms with van der Waals surface area (Å²) in [6.07, 6.45) is 1.76. The van der Waals surface area contributed by atoms with Crippen molar-refractivity contribution < 1.29 is 42.6 Å². The monoisotopic (exact) mass is 887 g/mol. The molecule has 62 heavy (non-hydrogen) atoms. The van der Waals surface area contributed by atoms with Crippen LogP contribution in [0, 0.1) is 0 Å². The van der Waals surface area contributed by atoms with Crippen molar-refractivity contribution in [2.24, 2.45) is 11.5 Å². The average Bonchev–Trinajstić information content (AvgIpc) is 3.23. The Bertz CT molecular complexity index is 2450. The van der Waals surface area contributed by atoms with Gasteiger partial charge in [-0.3, -0.25) is 24.0 Å². The number of carbonyl (C=O) groups is 5. The Balaban J connectivity index is 1.49. The molecule has 0 aliphatic carbocycles. The van der Waals surface area contributed by atoms with Gasteiger partial charge in [-0.25, -0.2) is 8.42 Å². The second kappa shape index (κ2) is 20.5. The van der Waals surface area contributed by atoms with Crippen LogP contribution < -0.4 is 32.7 Å². The largest absolute Gasteiger partial charge is 0.507 e. The zero-order chi connectivity index (χ0) is 45.3. The summed E-state index contributed by atoms with van der Waals surface area (Å²) in [5.74, 6) is -4.15. The molecule has 0 saturated heterocycles. The molecule has 1 heterocycles. The van der Waals surface area contributed by atoms with E-state index in [1.807, 2.05) is 12.1 Å².